The van der Waals surface area contributed by atoms with E-state index in [9.17, 15) is 61.9 Å². The first-order valence-corrected chi connectivity index (χ1v) is 7.98. The number of hydrogen-bond acceptors (Lipinski definition) is 1. The van der Waals surface area contributed by atoms with Crippen LogP contribution in [-0.2, 0) is 5.92 Å². The summed E-state index contributed by atoms with van der Waals surface area (Å²) in [5.74, 6) is -39.3. The quantitative estimate of drug-likeness (QED) is 0.433. The molecular weight excluding hydrogens is 481 g/mol. The highest BCUT2D eigenvalue weighted by Gasteiger charge is 2.91. The van der Waals surface area contributed by atoms with Crippen LogP contribution < -0.4 is 0 Å². The van der Waals surface area contributed by atoms with Gasteiger partial charge in [0, 0.05) is 11.8 Å². The van der Waals surface area contributed by atoms with Crippen LogP contribution in [0.3, 0.4) is 0 Å². The minimum atomic E-state index is -8.01. The first kappa shape index (κ1) is 25.5. The maximum atomic E-state index is 14.4. The number of alkyl halides is 13. The highest BCUT2D eigenvalue weighted by Crippen LogP contribution is 2.62. The molecule has 0 amide bonds. The third-order valence-electron chi connectivity index (χ3n) is 4.24. The Balaban J connectivity index is 2.62. The molecule has 1 aromatic carbocycles. The van der Waals surface area contributed by atoms with Gasteiger partial charge in [-0.3, -0.25) is 9.36 Å². The zero-order valence-electron chi connectivity index (χ0n) is 14.9. The molecule has 2 aromatic rings. The molecule has 1 aromatic heterocycles. The second-order valence-electron chi connectivity index (χ2n) is 6.30. The van der Waals surface area contributed by atoms with Gasteiger partial charge in [-0.15, -0.1) is 0 Å². The highest BCUT2D eigenvalue weighted by atomic mass is 19.4. The number of rotatable bonds is 6. The lowest BCUT2D eigenvalue weighted by Crippen LogP contribution is -2.69. The maximum absolute atomic E-state index is 14.4. The molecule has 0 unspecified atom stereocenters. The molecule has 15 heteroatoms. The molecule has 0 radical (unpaired) electrons. The third-order valence-corrected chi connectivity index (χ3v) is 4.24. The van der Waals surface area contributed by atoms with Crippen molar-refractivity contribution in [3.63, 3.8) is 0 Å². The Morgan fingerprint density at radius 1 is 0.594 bits per heavy atom. The zero-order chi connectivity index (χ0) is 25.0. The lowest BCUT2D eigenvalue weighted by Gasteiger charge is -2.39. The molecule has 0 saturated carbocycles. The summed E-state index contributed by atoms with van der Waals surface area (Å²) in [6, 6.07) is 5.96. The summed E-state index contributed by atoms with van der Waals surface area (Å²) in [4.78, 5) is 12.2. The van der Waals surface area contributed by atoms with E-state index in [4.69, 9.17) is 0 Å². The van der Waals surface area contributed by atoms with Crippen molar-refractivity contribution in [1.29, 1.82) is 0 Å². The van der Waals surface area contributed by atoms with Crippen LogP contribution in [0.2, 0.25) is 0 Å². The van der Waals surface area contributed by atoms with Gasteiger partial charge in [0.2, 0.25) is 0 Å². The lowest BCUT2D eigenvalue weighted by molar-refractivity contribution is -0.442. The van der Waals surface area contributed by atoms with Crippen molar-refractivity contribution in [1.82, 2.24) is 4.57 Å². The Morgan fingerprint density at radius 2 is 1.06 bits per heavy atom. The predicted molar refractivity (Wildman–Crippen MR) is 80.3 cm³/mol. The Labute approximate surface area is 169 Å². The fourth-order valence-corrected chi connectivity index (χ4v) is 2.46. The molecule has 0 aliphatic rings. The summed E-state index contributed by atoms with van der Waals surface area (Å²) in [5.41, 5.74) is -2.83. The van der Waals surface area contributed by atoms with Crippen molar-refractivity contribution in [2.75, 3.05) is 0 Å². The van der Waals surface area contributed by atoms with Gasteiger partial charge in [-0.1, -0.05) is 18.2 Å². The van der Waals surface area contributed by atoms with Crippen molar-refractivity contribution >= 4 is 5.91 Å². The smallest absolute Gasteiger partial charge is 0.281 e. The Hall–Kier alpha value is -2.74. The Kier molecular flexibility index (Phi) is 5.90. The van der Waals surface area contributed by atoms with E-state index in [1.54, 1.807) is 0 Å². The van der Waals surface area contributed by atoms with Gasteiger partial charge >= 0.3 is 35.8 Å². The zero-order valence-corrected chi connectivity index (χ0v) is 14.9. The van der Waals surface area contributed by atoms with Crippen LogP contribution in [0.25, 0.3) is 0 Å². The molecule has 0 aliphatic heterocycles. The van der Waals surface area contributed by atoms with Crippen molar-refractivity contribution in [3.8, 4) is 0 Å². The largest absolute Gasteiger partial charge is 0.460 e. The average Bonchev–Trinajstić information content (AvgIpc) is 3.17. The SMILES string of the molecule is O=C(c1ccccc1)n1cccc1C(F)(F)C(F)(F)C(F)(F)C(F)(F)C(F)(F)C(F)(F)F. The number of carbonyl (C=O) groups is 1. The van der Waals surface area contributed by atoms with E-state index >= 15 is 0 Å². The van der Waals surface area contributed by atoms with Gasteiger partial charge in [0.15, 0.2) is 0 Å². The lowest BCUT2D eigenvalue weighted by atomic mass is 9.92. The molecular formula is C17H8F13NO. The molecule has 0 atom stereocenters. The molecule has 0 saturated heterocycles. The number of halogens is 13. The second-order valence-corrected chi connectivity index (χ2v) is 6.30. The van der Waals surface area contributed by atoms with Crippen LogP contribution in [0.15, 0.2) is 48.7 Å². The van der Waals surface area contributed by atoms with E-state index in [-0.39, 0.29) is 10.6 Å². The second kappa shape index (κ2) is 7.40. The van der Waals surface area contributed by atoms with Crippen LogP contribution in [0.5, 0.6) is 0 Å². The molecule has 0 N–H and O–H groups in total. The van der Waals surface area contributed by atoms with Gasteiger partial charge in [-0.05, 0) is 24.3 Å². The van der Waals surface area contributed by atoms with Gasteiger partial charge in [0.05, 0.1) is 0 Å². The monoisotopic (exact) mass is 489 g/mol. The predicted octanol–water partition coefficient (Wildman–Crippen LogP) is 6.37. The van der Waals surface area contributed by atoms with Gasteiger partial charge < -0.3 is 0 Å². The van der Waals surface area contributed by atoms with Crippen molar-refractivity contribution in [3.05, 3.63) is 59.9 Å². The fraction of sp³-hybridized carbons (Fsp3) is 0.353. The number of hydrogen-bond donors (Lipinski definition) is 0. The van der Waals surface area contributed by atoms with Crippen LogP contribution in [0, 0.1) is 0 Å². The fourth-order valence-electron chi connectivity index (χ4n) is 2.46. The van der Waals surface area contributed by atoms with Crippen LogP contribution in [-0.4, -0.2) is 40.3 Å². The summed E-state index contributed by atoms with van der Waals surface area (Å²) >= 11 is 0. The van der Waals surface area contributed by atoms with Crippen LogP contribution in [0.4, 0.5) is 57.1 Å². The molecule has 2 rings (SSSR count). The van der Waals surface area contributed by atoms with Crippen molar-refractivity contribution < 1.29 is 61.9 Å². The van der Waals surface area contributed by atoms with Crippen molar-refractivity contribution in [2.24, 2.45) is 0 Å². The van der Waals surface area contributed by atoms with E-state index in [2.05, 4.69) is 0 Å². The van der Waals surface area contributed by atoms with Gasteiger partial charge in [0.25, 0.3) is 5.91 Å². The number of benzene rings is 1. The van der Waals surface area contributed by atoms with E-state index in [1.165, 1.54) is 18.2 Å². The molecule has 0 fully saturated rings. The summed E-state index contributed by atoms with van der Waals surface area (Å²) in [6.07, 6.45) is -7.15. The van der Waals surface area contributed by atoms with Crippen LogP contribution in [0.1, 0.15) is 16.1 Å². The number of aromatic nitrogens is 1. The molecule has 0 spiro atoms. The first-order chi connectivity index (χ1) is 14.2. The molecule has 1 heterocycles. The summed E-state index contributed by atoms with van der Waals surface area (Å²) in [6.45, 7) is 0. The first-order valence-electron chi connectivity index (χ1n) is 7.98. The van der Waals surface area contributed by atoms with Gasteiger partial charge in [-0.25, -0.2) is 0 Å². The average molecular weight is 489 g/mol. The highest BCUT2D eigenvalue weighted by molar-refractivity contribution is 5.96. The molecule has 0 aliphatic carbocycles. The third kappa shape index (κ3) is 3.41. The molecule has 32 heavy (non-hydrogen) atoms. The molecule has 178 valence electrons. The molecule has 2 nitrogen and oxygen atoms in total. The maximum Gasteiger partial charge on any atom is 0.460 e. The van der Waals surface area contributed by atoms with E-state index in [1.807, 2.05) is 0 Å². The topological polar surface area (TPSA) is 22.0 Å². The minimum Gasteiger partial charge on any atom is -0.281 e. The summed E-state index contributed by atoms with van der Waals surface area (Å²) in [5, 5.41) is 0. The van der Waals surface area contributed by atoms with E-state index < -0.39 is 53.0 Å². The summed E-state index contributed by atoms with van der Waals surface area (Å²) < 4.78 is 173. The minimum absolute atomic E-state index is 0.0924. The van der Waals surface area contributed by atoms with Crippen molar-refractivity contribution in [2.45, 2.75) is 35.8 Å². The Morgan fingerprint density at radius 3 is 1.53 bits per heavy atom. The standard InChI is InChI=1S/C17H8F13NO/c18-12(19,10-7-4-8-31(10)11(32)9-5-2-1-3-6-9)13(20,21)14(22,23)15(24,25)16(26,27)17(28,29)30/h1-8H. The Bertz CT molecular complexity index is 976. The normalized spacial score (nSPS) is 14.5. The van der Waals surface area contributed by atoms with Gasteiger partial charge in [-0.2, -0.15) is 57.1 Å². The van der Waals surface area contributed by atoms with Gasteiger partial charge in [0.1, 0.15) is 5.69 Å². The van der Waals surface area contributed by atoms with E-state index in [0.717, 1.165) is 12.1 Å². The molecule has 0 bridgehead atoms. The van der Waals surface area contributed by atoms with Crippen LogP contribution >= 0.6 is 0 Å². The summed E-state index contributed by atoms with van der Waals surface area (Å²) in [7, 11) is 0. The number of carbonyl (C=O) groups excluding carboxylic acids is 1. The number of nitrogens with zero attached hydrogens (tertiary/aromatic N) is 1. The van der Waals surface area contributed by atoms with E-state index in [0.29, 0.717) is 12.3 Å².